The molecule has 7 nitrogen and oxygen atoms in total. The van der Waals surface area contributed by atoms with E-state index in [1.807, 2.05) is 45.0 Å². The van der Waals surface area contributed by atoms with Gasteiger partial charge in [0.05, 0.1) is 19.3 Å². The standard InChI is InChI=1S/C21H25N3O4S/c1-21(2,3)28-20(26)24-11-10-16-17(13-24)29-19(22-16)23-18(25)9-8-14-6-5-7-15(12-14)27-4/h5-9,12H,10-11,13H2,1-4H3,(H,22,23,25). The average Bonchev–Trinajstić information content (AvgIpc) is 3.06. The molecule has 2 aromatic rings. The van der Waals surface area contributed by atoms with Crippen LogP contribution in [0, 0.1) is 0 Å². The normalized spacial score (nSPS) is 13.9. The minimum Gasteiger partial charge on any atom is -0.497 e. The SMILES string of the molecule is COc1cccc(C=CC(=O)Nc2nc3c(s2)CN(C(=O)OC(C)(C)C)CC3)c1. The van der Waals surface area contributed by atoms with Gasteiger partial charge in [-0.15, -0.1) is 0 Å². The number of rotatable bonds is 4. The maximum absolute atomic E-state index is 12.3. The highest BCUT2D eigenvalue weighted by Gasteiger charge is 2.28. The van der Waals surface area contributed by atoms with Crippen LogP contribution in [0.15, 0.2) is 30.3 Å². The molecule has 3 rings (SSSR count). The molecule has 0 saturated carbocycles. The number of hydrogen-bond acceptors (Lipinski definition) is 6. The van der Waals surface area contributed by atoms with Gasteiger partial charge < -0.3 is 14.4 Å². The Morgan fingerprint density at radius 2 is 2.10 bits per heavy atom. The molecule has 0 spiro atoms. The number of thiazole rings is 1. The van der Waals surface area contributed by atoms with Gasteiger partial charge in [-0.25, -0.2) is 9.78 Å². The van der Waals surface area contributed by atoms with Gasteiger partial charge in [0.25, 0.3) is 0 Å². The van der Waals surface area contributed by atoms with E-state index in [2.05, 4.69) is 10.3 Å². The van der Waals surface area contributed by atoms with E-state index in [-0.39, 0.29) is 12.0 Å². The third-order valence-electron chi connectivity index (χ3n) is 4.13. The lowest BCUT2D eigenvalue weighted by Crippen LogP contribution is -2.39. The fourth-order valence-corrected chi connectivity index (χ4v) is 3.82. The summed E-state index contributed by atoms with van der Waals surface area (Å²) in [5.41, 5.74) is 1.26. The second kappa shape index (κ2) is 8.65. The smallest absolute Gasteiger partial charge is 0.410 e. The topological polar surface area (TPSA) is 80.8 Å². The molecule has 0 radical (unpaired) electrons. The number of benzene rings is 1. The second-order valence-electron chi connectivity index (χ2n) is 7.64. The van der Waals surface area contributed by atoms with E-state index in [4.69, 9.17) is 9.47 Å². The van der Waals surface area contributed by atoms with Crippen LogP contribution < -0.4 is 10.1 Å². The van der Waals surface area contributed by atoms with Gasteiger partial charge in [0.2, 0.25) is 5.91 Å². The van der Waals surface area contributed by atoms with Crippen molar-refractivity contribution < 1.29 is 19.1 Å². The fraction of sp³-hybridized carbons (Fsp3) is 0.381. The summed E-state index contributed by atoms with van der Waals surface area (Å²) in [5, 5.41) is 3.33. The molecule has 0 unspecified atom stereocenters. The highest BCUT2D eigenvalue weighted by molar-refractivity contribution is 7.15. The Hall–Kier alpha value is -2.87. The third-order valence-corrected chi connectivity index (χ3v) is 5.13. The number of hydrogen-bond donors (Lipinski definition) is 1. The number of carbonyl (C=O) groups is 2. The molecule has 8 heteroatoms. The van der Waals surface area contributed by atoms with Crippen LogP contribution in [0.2, 0.25) is 0 Å². The van der Waals surface area contributed by atoms with Gasteiger partial charge in [-0.3, -0.25) is 10.1 Å². The van der Waals surface area contributed by atoms with Gasteiger partial charge in [-0.1, -0.05) is 23.5 Å². The summed E-state index contributed by atoms with van der Waals surface area (Å²) in [6.45, 7) is 6.53. The molecule has 1 aliphatic rings. The molecule has 0 bridgehead atoms. The Kier molecular flexibility index (Phi) is 6.22. The first-order valence-corrected chi connectivity index (χ1v) is 10.1. The van der Waals surface area contributed by atoms with Crippen LogP contribution in [0.1, 0.15) is 36.9 Å². The summed E-state index contributed by atoms with van der Waals surface area (Å²) < 4.78 is 10.6. The highest BCUT2D eigenvalue weighted by Crippen LogP contribution is 2.29. The van der Waals surface area contributed by atoms with Crippen LogP contribution >= 0.6 is 11.3 Å². The quantitative estimate of drug-likeness (QED) is 0.761. The maximum atomic E-state index is 12.3. The molecule has 1 aliphatic heterocycles. The third kappa shape index (κ3) is 5.80. The Balaban J connectivity index is 1.60. The summed E-state index contributed by atoms with van der Waals surface area (Å²) in [6.07, 6.45) is 3.49. The number of fused-ring (bicyclic) bond motifs is 1. The summed E-state index contributed by atoms with van der Waals surface area (Å²) in [7, 11) is 1.60. The van der Waals surface area contributed by atoms with E-state index < -0.39 is 5.60 Å². The lowest BCUT2D eigenvalue weighted by atomic mass is 10.2. The van der Waals surface area contributed by atoms with Gasteiger partial charge in [0.15, 0.2) is 5.13 Å². The van der Waals surface area contributed by atoms with E-state index in [1.54, 1.807) is 18.1 Å². The van der Waals surface area contributed by atoms with Gasteiger partial charge in [0.1, 0.15) is 11.4 Å². The van der Waals surface area contributed by atoms with Crippen LogP contribution in [0.4, 0.5) is 9.93 Å². The molecule has 29 heavy (non-hydrogen) atoms. The van der Waals surface area contributed by atoms with Crippen molar-refractivity contribution in [1.82, 2.24) is 9.88 Å². The van der Waals surface area contributed by atoms with Crippen molar-refractivity contribution in [2.24, 2.45) is 0 Å². The number of anilines is 1. The molecule has 1 aromatic carbocycles. The van der Waals surface area contributed by atoms with Crippen molar-refractivity contribution in [3.8, 4) is 5.75 Å². The molecule has 154 valence electrons. The number of nitrogens with zero attached hydrogens (tertiary/aromatic N) is 2. The largest absolute Gasteiger partial charge is 0.497 e. The Labute approximate surface area is 174 Å². The predicted molar refractivity (Wildman–Crippen MR) is 113 cm³/mol. The molecule has 0 aliphatic carbocycles. The summed E-state index contributed by atoms with van der Waals surface area (Å²) >= 11 is 1.38. The van der Waals surface area contributed by atoms with Crippen LogP contribution in [0.3, 0.4) is 0 Å². The average molecular weight is 416 g/mol. The molecular weight excluding hydrogens is 390 g/mol. The van der Waals surface area contributed by atoms with Crippen molar-refractivity contribution in [3.05, 3.63) is 46.5 Å². The van der Waals surface area contributed by atoms with Gasteiger partial charge in [0, 0.05) is 23.9 Å². The number of carbonyl (C=O) groups excluding carboxylic acids is 2. The van der Waals surface area contributed by atoms with Crippen LogP contribution in [0.25, 0.3) is 6.08 Å². The molecular formula is C21H25N3O4S. The van der Waals surface area contributed by atoms with Gasteiger partial charge in [-0.2, -0.15) is 0 Å². The monoisotopic (exact) mass is 415 g/mol. The first-order valence-electron chi connectivity index (χ1n) is 9.33. The van der Waals surface area contributed by atoms with E-state index in [9.17, 15) is 9.59 Å². The number of ether oxygens (including phenoxy) is 2. The van der Waals surface area contributed by atoms with E-state index >= 15 is 0 Å². The number of nitrogens with one attached hydrogen (secondary N) is 1. The van der Waals surface area contributed by atoms with E-state index in [0.29, 0.717) is 24.6 Å². The zero-order valence-corrected chi connectivity index (χ0v) is 17.8. The first-order chi connectivity index (χ1) is 13.7. The molecule has 0 atom stereocenters. The maximum Gasteiger partial charge on any atom is 0.410 e. The van der Waals surface area contributed by atoms with Crippen LogP contribution in [-0.2, 0) is 22.5 Å². The Bertz CT molecular complexity index is 930. The van der Waals surface area contributed by atoms with Crippen molar-refractivity contribution in [3.63, 3.8) is 0 Å². The summed E-state index contributed by atoms with van der Waals surface area (Å²) in [4.78, 5) is 31.6. The lowest BCUT2D eigenvalue weighted by Gasteiger charge is -2.29. The highest BCUT2D eigenvalue weighted by atomic mass is 32.1. The van der Waals surface area contributed by atoms with Crippen molar-refractivity contribution in [2.75, 3.05) is 19.0 Å². The molecule has 1 N–H and O–H groups in total. The second-order valence-corrected chi connectivity index (χ2v) is 8.72. The first kappa shape index (κ1) is 20.9. The van der Waals surface area contributed by atoms with Crippen molar-refractivity contribution >= 4 is 34.5 Å². The fourth-order valence-electron chi connectivity index (χ4n) is 2.80. The van der Waals surface area contributed by atoms with E-state index in [0.717, 1.165) is 21.9 Å². The van der Waals surface area contributed by atoms with Crippen molar-refractivity contribution in [1.29, 1.82) is 0 Å². The number of methoxy groups -OCH3 is 1. The molecule has 2 amide bonds. The molecule has 0 saturated heterocycles. The van der Waals surface area contributed by atoms with Gasteiger partial charge in [-0.05, 0) is 44.5 Å². The Morgan fingerprint density at radius 3 is 2.83 bits per heavy atom. The lowest BCUT2D eigenvalue weighted by molar-refractivity contribution is -0.111. The summed E-state index contributed by atoms with van der Waals surface area (Å²) in [5.74, 6) is 0.470. The minimum absolute atomic E-state index is 0.261. The molecule has 0 fully saturated rings. The summed E-state index contributed by atoms with van der Waals surface area (Å²) in [6, 6.07) is 7.44. The van der Waals surface area contributed by atoms with E-state index in [1.165, 1.54) is 17.4 Å². The van der Waals surface area contributed by atoms with Crippen LogP contribution in [-0.4, -0.2) is 41.1 Å². The van der Waals surface area contributed by atoms with Crippen LogP contribution in [0.5, 0.6) is 5.75 Å². The molecule has 1 aromatic heterocycles. The van der Waals surface area contributed by atoms with Crippen molar-refractivity contribution in [2.45, 2.75) is 39.3 Å². The van der Waals surface area contributed by atoms with Gasteiger partial charge >= 0.3 is 6.09 Å². The zero-order chi connectivity index (χ0) is 21.0. The predicted octanol–water partition coefficient (Wildman–Crippen LogP) is 4.10. The number of amides is 2. The number of aromatic nitrogens is 1. The molecule has 2 heterocycles. The Morgan fingerprint density at radius 1 is 1.31 bits per heavy atom. The minimum atomic E-state index is -0.528. The zero-order valence-electron chi connectivity index (χ0n) is 17.0.